The van der Waals surface area contributed by atoms with Gasteiger partial charge in [-0.15, -0.1) is 0 Å². The summed E-state index contributed by atoms with van der Waals surface area (Å²) in [4.78, 5) is 21.4. The summed E-state index contributed by atoms with van der Waals surface area (Å²) in [5.74, 6) is 1.93. The predicted octanol–water partition coefficient (Wildman–Crippen LogP) is 5.02. The summed E-state index contributed by atoms with van der Waals surface area (Å²) in [7, 11) is 0. The van der Waals surface area contributed by atoms with E-state index in [1.54, 1.807) is 12.1 Å². The van der Waals surface area contributed by atoms with E-state index < -0.39 is 0 Å². The summed E-state index contributed by atoms with van der Waals surface area (Å²) >= 11 is 5.97. The normalized spacial score (nSPS) is 14.0. The number of pyridine rings is 1. The molecule has 0 bridgehead atoms. The third kappa shape index (κ3) is 4.27. The lowest BCUT2D eigenvalue weighted by Crippen LogP contribution is -2.49. The minimum absolute atomic E-state index is 0.0704. The van der Waals surface area contributed by atoms with Crippen LogP contribution in [0.15, 0.2) is 77.4 Å². The number of rotatable bonds is 5. The predicted molar refractivity (Wildman–Crippen MR) is 124 cm³/mol. The van der Waals surface area contributed by atoms with Crippen molar-refractivity contribution in [2.24, 2.45) is 0 Å². The molecule has 3 heterocycles. The SMILES string of the molecule is O=C(c1ccco1)N1CCN(c2ccc3cccc(OCc4ccc(Cl)cc4)c3n2)CC1. The van der Waals surface area contributed by atoms with Crippen molar-refractivity contribution in [1.82, 2.24) is 9.88 Å². The van der Waals surface area contributed by atoms with Crippen LogP contribution in [0.25, 0.3) is 10.9 Å². The van der Waals surface area contributed by atoms with Crippen LogP contribution in [0, 0.1) is 0 Å². The molecule has 0 aliphatic carbocycles. The maximum absolute atomic E-state index is 12.5. The molecule has 4 aromatic rings. The third-order valence-corrected chi connectivity index (χ3v) is 5.85. The van der Waals surface area contributed by atoms with Gasteiger partial charge in [-0.25, -0.2) is 4.98 Å². The molecule has 1 aliphatic rings. The zero-order valence-corrected chi connectivity index (χ0v) is 18.2. The Labute approximate surface area is 191 Å². The van der Waals surface area contributed by atoms with Gasteiger partial charge in [-0.3, -0.25) is 4.79 Å². The molecular formula is C25H22ClN3O3. The van der Waals surface area contributed by atoms with Crippen molar-refractivity contribution in [1.29, 1.82) is 0 Å². The Bertz CT molecular complexity index is 1220. The zero-order valence-electron chi connectivity index (χ0n) is 17.4. The number of furan rings is 1. The van der Waals surface area contributed by atoms with Gasteiger partial charge in [-0.1, -0.05) is 35.9 Å². The van der Waals surface area contributed by atoms with Crippen molar-refractivity contribution in [3.8, 4) is 5.75 Å². The van der Waals surface area contributed by atoms with Crippen molar-refractivity contribution in [3.05, 3.63) is 89.3 Å². The molecule has 162 valence electrons. The van der Waals surface area contributed by atoms with E-state index in [4.69, 9.17) is 25.7 Å². The molecule has 6 nitrogen and oxygen atoms in total. The minimum Gasteiger partial charge on any atom is -0.487 e. The van der Waals surface area contributed by atoms with Gasteiger partial charge in [0, 0.05) is 36.6 Å². The van der Waals surface area contributed by atoms with E-state index in [-0.39, 0.29) is 5.91 Å². The van der Waals surface area contributed by atoms with Crippen molar-refractivity contribution < 1.29 is 13.9 Å². The summed E-state index contributed by atoms with van der Waals surface area (Å²) in [6, 6.07) is 21.1. The first kappa shape index (κ1) is 20.4. The summed E-state index contributed by atoms with van der Waals surface area (Å²) < 4.78 is 11.3. The van der Waals surface area contributed by atoms with E-state index in [9.17, 15) is 4.79 Å². The van der Waals surface area contributed by atoms with E-state index in [1.165, 1.54) is 6.26 Å². The summed E-state index contributed by atoms with van der Waals surface area (Å²) in [6.45, 7) is 3.09. The second-order valence-corrected chi connectivity index (χ2v) is 8.11. The number of nitrogens with zero attached hydrogens (tertiary/aromatic N) is 3. The number of carbonyl (C=O) groups excluding carboxylic acids is 1. The maximum atomic E-state index is 12.5. The van der Waals surface area contributed by atoms with Gasteiger partial charge in [-0.2, -0.15) is 0 Å². The third-order valence-electron chi connectivity index (χ3n) is 5.60. The smallest absolute Gasteiger partial charge is 0.289 e. The van der Waals surface area contributed by atoms with E-state index in [0.29, 0.717) is 43.6 Å². The van der Waals surface area contributed by atoms with Gasteiger partial charge in [0.25, 0.3) is 5.91 Å². The van der Waals surface area contributed by atoms with E-state index in [2.05, 4.69) is 11.0 Å². The second kappa shape index (κ2) is 8.93. The molecule has 0 N–H and O–H groups in total. The molecule has 1 saturated heterocycles. The molecule has 0 saturated carbocycles. The molecule has 0 spiro atoms. The molecule has 1 fully saturated rings. The van der Waals surface area contributed by atoms with Crippen molar-refractivity contribution >= 4 is 34.2 Å². The highest BCUT2D eigenvalue weighted by atomic mass is 35.5. The van der Waals surface area contributed by atoms with Gasteiger partial charge in [0.2, 0.25) is 0 Å². The second-order valence-electron chi connectivity index (χ2n) is 7.67. The monoisotopic (exact) mass is 447 g/mol. The largest absolute Gasteiger partial charge is 0.487 e. The Kier molecular flexibility index (Phi) is 5.69. The molecule has 2 aromatic carbocycles. The summed E-state index contributed by atoms with van der Waals surface area (Å²) in [5, 5.41) is 1.73. The van der Waals surface area contributed by atoms with Crippen LogP contribution < -0.4 is 9.64 Å². The number of piperazine rings is 1. The number of benzene rings is 2. The molecule has 1 amide bonds. The number of hydrogen-bond acceptors (Lipinski definition) is 5. The van der Waals surface area contributed by atoms with Crippen LogP contribution in [-0.2, 0) is 6.61 Å². The minimum atomic E-state index is -0.0704. The molecule has 32 heavy (non-hydrogen) atoms. The van der Waals surface area contributed by atoms with Crippen LogP contribution >= 0.6 is 11.6 Å². The van der Waals surface area contributed by atoms with Crippen LogP contribution in [0.4, 0.5) is 5.82 Å². The fourth-order valence-electron chi connectivity index (χ4n) is 3.84. The summed E-state index contributed by atoms with van der Waals surface area (Å²) in [6.07, 6.45) is 1.52. The highest BCUT2D eigenvalue weighted by Crippen LogP contribution is 2.28. The quantitative estimate of drug-likeness (QED) is 0.430. The first-order chi connectivity index (χ1) is 15.7. The highest BCUT2D eigenvalue weighted by molar-refractivity contribution is 6.30. The Morgan fingerprint density at radius 2 is 1.78 bits per heavy atom. The van der Waals surface area contributed by atoms with Crippen molar-refractivity contribution in [2.45, 2.75) is 6.61 Å². The van der Waals surface area contributed by atoms with Crippen LogP contribution in [-0.4, -0.2) is 42.0 Å². The fourth-order valence-corrected chi connectivity index (χ4v) is 3.96. The average molecular weight is 448 g/mol. The molecule has 0 atom stereocenters. The topological polar surface area (TPSA) is 58.8 Å². The summed E-state index contributed by atoms with van der Waals surface area (Å²) in [5.41, 5.74) is 1.87. The van der Waals surface area contributed by atoms with Crippen LogP contribution in [0.2, 0.25) is 5.02 Å². The zero-order chi connectivity index (χ0) is 21.9. The number of hydrogen-bond donors (Lipinski definition) is 0. The Balaban J connectivity index is 1.30. The number of fused-ring (bicyclic) bond motifs is 1. The molecule has 1 aliphatic heterocycles. The average Bonchev–Trinajstić information content (AvgIpc) is 3.38. The van der Waals surface area contributed by atoms with Crippen LogP contribution in [0.1, 0.15) is 16.1 Å². The molecule has 0 radical (unpaired) electrons. The number of ether oxygens (including phenoxy) is 1. The first-order valence-corrected chi connectivity index (χ1v) is 10.9. The number of halogens is 1. The van der Waals surface area contributed by atoms with Gasteiger partial charge >= 0.3 is 0 Å². The highest BCUT2D eigenvalue weighted by Gasteiger charge is 2.24. The van der Waals surface area contributed by atoms with Gasteiger partial charge in [0.05, 0.1) is 6.26 Å². The number of aromatic nitrogens is 1. The Morgan fingerprint density at radius 3 is 2.53 bits per heavy atom. The van der Waals surface area contributed by atoms with E-state index in [1.807, 2.05) is 53.4 Å². The molecule has 2 aromatic heterocycles. The fraction of sp³-hybridized carbons (Fsp3) is 0.200. The molecule has 7 heteroatoms. The van der Waals surface area contributed by atoms with Crippen molar-refractivity contribution in [3.63, 3.8) is 0 Å². The van der Waals surface area contributed by atoms with Gasteiger partial charge in [0.15, 0.2) is 5.76 Å². The molecular weight excluding hydrogens is 426 g/mol. The van der Waals surface area contributed by atoms with E-state index >= 15 is 0 Å². The van der Waals surface area contributed by atoms with Crippen molar-refractivity contribution in [2.75, 3.05) is 31.1 Å². The van der Waals surface area contributed by atoms with Crippen LogP contribution in [0.3, 0.4) is 0 Å². The van der Waals surface area contributed by atoms with Gasteiger partial charge in [0.1, 0.15) is 23.7 Å². The molecule has 0 unspecified atom stereocenters. The Morgan fingerprint density at radius 1 is 0.969 bits per heavy atom. The number of anilines is 1. The lowest BCUT2D eigenvalue weighted by atomic mass is 10.2. The number of carbonyl (C=O) groups is 1. The Hall–Kier alpha value is -3.51. The van der Waals surface area contributed by atoms with Gasteiger partial charge < -0.3 is 19.0 Å². The maximum Gasteiger partial charge on any atom is 0.289 e. The lowest BCUT2D eigenvalue weighted by molar-refractivity contribution is 0.0714. The standard InChI is InChI=1S/C25H22ClN3O3/c26-20-9-6-18(7-10-20)17-32-21-4-1-3-19-8-11-23(27-24(19)21)28-12-14-29(15-13-28)25(30)22-5-2-16-31-22/h1-11,16H,12-15,17H2. The lowest BCUT2D eigenvalue weighted by Gasteiger charge is -2.35. The first-order valence-electron chi connectivity index (χ1n) is 10.5. The van der Waals surface area contributed by atoms with E-state index in [0.717, 1.165) is 28.0 Å². The van der Waals surface area contributed by atoms with Gasteiger partial charge in [-0.05, 0) is 48.0 Å². The van der Waals surface area contributed by atoms with Crippen LogP contribution in [0.5, 0.6) is 5.75 Å². The molecule has 5 rings (SSSR count). The number of para-hydroxylation sites is 1. The number of amides is 1.